The van der Waals surface area contributed by atoms with E-state index in [0.29, 0.717) is 12.8 Å². The normalized spacial score (nSPS) is 13.6. The van der Waals surface area contributed by atoms with Crippen molar-refractivity contribution < 1.29 is 14.7 Å². The maximum Gasteiger partial charge on any atom is 0.326 e. The summed E-state index contributed by atoms with van der Waals surface area (Å²) in [5.74, 6) is -1.60. The average molecular weight is 267 g/mol. The Balaban J connectivity index is 2.60. The van der Waals surface area contributed by atoms with Crippen molar-refractivity contribution in [3.63, 3.8) is 0 Å². The predicted molar refractivity (Wildman–Crippen MR) is 71.7 cm³/mol. The Morgan fingerprint density at radius 3 is 2.83 bits per heavy atom. The number of carboxylic acids is 1. The van der Waals surface area contributed by atoms with Gasteiger partial charge in [0, 0.05) is 0 Å². The van der Waals surface area contributed by atoms with Gasteiger partial charge in [-0.1, -0.05) is 6.08 Å². The van der Waals surface area contributed by atoms with Crippen LogP contribution in [0, 0.1) is 0 Å². The topological polar surface area (TPSA) is 66.4 Å². The number of rotatable bonds is 7. The molecule has 0 aliphatic heterocycles. The molecule has 0 aromatic carbocycles. The number of hydrogen-bond acceptors (Lipinski definition) is 3. The van der Waals surface area contributed by atoms with Gasteiger partial charge in [0.05, 0.1) is 5.92 Å². The Morgan fingerprint density at radius 1 is 1.61 bits per heavy atom. The minimum Gasteiger partial charge on any atom is -0.480 e. The van der Waals surface area contributed by atoms with Crippen LogP contribution in [0.4, 0.5) is 0 Å². The van der Waals surface area contributed by atoms with E-state index >= 15 is 0 Å². The fourth-order valence-corrected chi connectivity index (χ4v) is 2.27. The van der Waals surface area contributed by atoms with E-state index in [4.69, 9.17) is 5.11 Å². The molecule has 2 atom stereocenters. The van der Waals surface area contributed by atoms with E-state index < -0.39 is 12.0 Å². The van der Waals surface area contributed by atoms with Crippen LogP contribution >= 0.6 is 11.3 Å². The molecule has 18 heavy (non-hydrogen) atoms. The first-order valence-corrected chi connectivity index (χ1v) is 6.66. The first-order valence-electron chi connectivity index (χ1n) is 5.72. The fourth-order valence-electron chi connectivity index (χ4n) is 1.51. The molecule has 0 bridgehead atoms. The molecule has 0 fully saturated rings. The smallest absolute Gasteiger partial charge is 0.326 e. The van der Waals surface area contributed by atoms with Crippen LogP contribution < -0.4 is 5.32 Å². The molecule has 98 valence electrons. The van der Waals surface area contributed by atoms with Crippen molar-refractivity contribution in [3.05, 3.63) is 35.0 Å². The Morgan fingerprint density at radius 2 is 2.33 bits per heavy atom. The fraction of sp³-hybridized carbons (Fsp3) is 0.385. The molecule has 0 aliphatic carbocycles. The molecule has 1 aromatic rings. The summed E-state index contributed by atoms with van der Waals surface area (Å²) in [6.45, 7) is 5.31. The van der Waals surface area contributed by atoms with Crippen molar-refractivity contribution in [3.8, 4) is 0 Å². The lowest BCUT2D eigenvalue weighted by atomic mass is 10.0. The SMILES string of the molecule is C=CCCC(NC(=O)C(C)c1ccsc1)C(=O)O. The second kappa shape index (κ2) is 6.96. The number of hydrogen-bond donors (Lipinski definition) is 2. The Hall–Kier alpha value is -1.62. The van der Waals surface area contributed by atoms with Gasteiger partial charge in [0.1, 0.15) is 6.04 Å². The minimum absolute atomic E-state index is 0.259. The van der Waals surface area contributed by atoms with Crippen LogP contribution in [0.3, 0.4) is 0 Å². The second-order valence-corrected chi connectivity index (χ2v) is 4.82. The highest BCUT2D eigenvalue weighted by Gasteiger charge is 2.23. The van der Waals surface area contributed by atoms with Crippen molar-refractivity contribution in [2.24, 2.45) is 0 Å². The maximum atomic E-state index is 11.9. The number of allylic oxidation sites excluding steroid dienone is 1. The lowest BCUT2D eigenvalue weighted by molar-refractivity contribution is -0.142. The molecule has 0 radical (unpaired) electrons. The van der Waals surface area contributed by atoms with Crippen LogP contribution in [0.25, 0.3) is 0 Å². The van der Waals surface area contributed by atoms with E-state index in [-0.39, 0.29) is 11.8 Å². The molecule has 0 saturated heterocycles. The number of thiophene rings is 1. The number of amides is 1. The van der Waals surface area contributed by atoms with Gasteiger partial charge in [0.25, 0.3) is 0 Å². The molecular formula is C13H17NO3S. The van der Waals surface area contributed by atoms with Gasteiger partial charge in [-0.25, -0.2) is 4.79 Å². The van der Waals surface area contributed by atoms with Gasteiger partial charge in [-0.15, -0.1) is 6.58 Å². The summed E-state index contributed by atoms with van der Waals surface area (Å²) in [6.07, 6.45) is 2.56. The molecule has 1 rings (SSSR count). The van der Waals surface area contributed by atoms with Gasteiger partial charge in [-0.3, -0.25) is 4.79 Å². The minimum atomic E-state index is -1.01. The highest BCUT2D eigenvalue weighted by atomic mass is 32.1. The van der Waals surface area contributed by atoms with Crippen LogP contribution in [0.1, 0.15) is 31.2 Å². The van der Waals surface area contributed by atoms with E-state index in [9.17, 15) is 9.59 Å². The van der Waals surface area contributed by atoms with Crippen LogP contribution in [-0.2, 0) is 9.59 Å². The number of carbonyl (C=O) groups excluding carboxylic acids is 1. The summed E-state index contributed by atoms with van der Waals surface area (Å²) in [7, 11) is 0. The molecular weight excluding hydrogens is 250 g/mol. The van der Waals surface area contributed by atoms with Gasteiger partial charge < -0.3 is 10.4 Å². The summed E-state index contributed by atoms with van der Waals surface area (Å²) in [6, 6.07) is 1.02. The number of carbonyl (C=O) groups is 2. The molecule has 1 amide bonds. The van der Waals surface area contributed by atoms with Gasteiger partial charge in [0.15, 0.2) is 0 Å². The zero-order valence-electron chi connectivity index (χ0n) is 10.3. The van der Waals surface area contributed by atoms with Crippen molar-refractivity contribution >= 4 is 23.2 Å². The Labute approximate surface area is 110 Å². The van der Waals surface area contributed by atoms with Crippen molar-refractivity contribution in [1.29, 1.82) is 0 Å². The predicted octanol–water partition coefficient (Wildman–Crippen LogP) is 2.39. The van der Waals surface area contributed by atoms with Gasteiger partial charge in [0.2, 0.25) is 5.91 Å². The molecule has 5 heteroatoms. The van der Waals surface area contributed by atoms with Crippen LogP contribution in [0.5, 0.6) is 0 Å². The summed E-state index contributed by atoms with van der Waals surface area (Å²) in [5.41, 5.74) is 0.908. The van der Waals surface area contributed by atoms with Gasteiger partial charge in [-0.2, -0.15) is 11.3 Å². The monoisotopic (exact) mass is 267 g/mol. The molecule has 2 N–H and O–H groups in total. The number of aliphatic carboxylic acids is 1. The highest BCUT2D eigenvalue weighted by Crippen LogP contribution is 2.18. The summed E-state index contributed by atoms with van der Waals surface area (Å²) >= 11 is 1.51. The summed E-state index contributed by atoms with van der Waals surface area (Å²) < 4.78 is 0. The quantitative estimate of drug-likeness (QED) is 0.745. The van der Waals surface area contributed by atoms with Gasteiger partial charge in [-0.05, 0) is 42.2 Å². The van der Waals surface area contributed by atoms with Crippen LogP contribution in [0.2, 0.25) is 0 Å². The summed E-state index contributed by atoms with van der Waals surface area (Å²) in [4.78, 5) is 22.9. The third-order valence-corrected chi connectivity index (χ3v) is 3.41. The third-order valence-electron chi connectivity index (χ3n) is 2.71. The Kier molecular flexibility index (Phi) is 5.58. The lowest BCUT2D eigenvalue weighted by Crippen LogP contribution is -2.42. The van der Waals surface area contributed by atoms with Crippen molar-refractivity contribution in [2.75, 3.05) is 0 Å². The molecule has 1 aromatic heterocycles. The van der Waals surface area contributed by atoms with Crippen molar-refractivity contribution in [2.45, 2.75) is 31.7 Å². The second-order valence-electron chi connectivity index (χ2n) is 4.04. The third kappa shape index (κ3) is 4.00. The molecule has 0 saturated carbocycles. The average Bonchev–Trinajstić information content (AvgIpc) is 2.86. The van der Waals surface area contributed by atoms with E-state index in [1.807, 2.05) is 16.8 Å². The zero-order chi connectivity index (χ0) is 13.5. The first-order chi connectivity index (χ1) is 8.56. The molecule has 4 nitrogen and oxygen atoms in total. The summed E-state index contributed by atoms with van der Waals surface area (Å²) in [5, 5.41) is 15.4. The zero-order valence-corrected chi connectivity index (χ0v) is 11.1. The van der Waals surface area contributed by atoms with Crippen molar-refractivity contribution in [1.82, 2.24) is 5.32 Å². The number of nitrogens with one attached hydrogen (secondary N) is 1. The van der Waals surface area contributed by atoms with E-state index in [1.165, 1.54) is 11.3 Å². The van der Waals surface area contributed by atoms with Gasteiger partial charge >= 0.3 is 5.97 Å². The molecule has 0 aliphatic rings. The molecule has 0 spiro atoms. The molecule has 1 heterocycles. The maximum absolute atomic E-state index is 11.9. The standard InChI is InChI=1S/C13H17NO3S/c1-3-4-5-11(13(16)17)14-12(15)9(2)10-6-7-18-8-10/h3,6-9,11H,1,4-5H2,2H3,(H,14,15)(H,16,17). The van der Waals surface area contributed by atoms with E-state index in [0.717, 1.165) is 5.56 Å². The lowest BCUT2D eigenvalue weighted by Gasteiger charge is -2.16. The first kappa shape index (κ1) is 14.4. The largest absolute Gasteiger partial charge is 0.480 e. The van der Waals surface area contributed by atoms with Crippen LogP contribution in [0.15, 0.2) is 29.5 Å². The van der Waals surface area contributed by atoms with E-state index in [2.05, 4.69) is 11.9 Å². The Bertz CT molecular complexity index is 414. The van der Waals surface area contributed by atoms with E-state index in [1.54, 1.807) is 13.0 Å². The number of carboxylic acid groups (broad SMARTS) is 1. The van der Waals surface area contributed by atoms with Crippen LogP contribution in [-0.4, -0.2) is 23.0 Å². The molecule has 2 unspecified atom stereocenters. The highest BCUT2D eigenvalue weighted by molar-refractivity contribution is 7.08.